The van der Waals surface area contributed by atoms with Crippen molar-refractivity contribution in [2.45, 2.75) is 38.2 Å². The van der Waals surface area contributed by atoms with E-state index < -0.39 is 27.5 Å². The fraction of sp³-hybridized carbons (Fsp3) is 0.161. The van der Waals surface area contributed by atoms with Gasteiger partial charge in [-0.1, -0.05) is 65.7 Å². The molecule has 0 spiro atoms. The van der Waals surface area contributed by atoms with Gasteiger partial charge in [0.1, 0.15) is 5.60 Å². The van der Waals surface area contributed by atoms with Gasteiger partial charge in [0, 0.05) is 5.56 Å². The van der Waals surface area contributed by atoms with Crippen molar-refractivity contribution in [2.75, 3.05) is 4.31 Å². The Morgan fingerprint density at radius 1 is 0.684 bits per heavy atom. The number of hydrogen-bond donors (Lipinski definition) is 0. The summed E-state index contributed by atoms with van der Waals surface area (Å²) in [6.07, 6.45) is 0. The Hall–Kier alpha value is -4.23. The molecule has 0 bridgehead atoms. The van der Waals surface area contributed by atoms with Crippen molar-refractivity contribution in [1.29, 1.82) is 0 Å². The summed E-state index contributed by atoms with van der Waals surface area (Å²) in [6, 6.07) is 28.1. The van der Waals surface area contributed by atoms with Crippen molar-refractivity contribution in [1.82, 2.24) is 0 Å². The van der Waals surface area contributed by atoms with E-state index >= 15 is 0 Å². The van der Waals surface area contributed by atoms with Crippen LogP contribution in [-0.4, -0.2) is 20.3 Å². The van der Waals surface area contributed by atoms with E-state index in [4.69, 9.17) is 4.74 Å². The van der Waals surface area contributed by atoms with Crippen LogP contribution in [0.3, 0.4) is 0 Å². The minimum absolute atomic E-state index is 0.00287. The van der Waals surface area contributed by atoms with Gasteiger partial charge in [-0.25, -0.2) is 13.2 Å². The zero-order chi connectivity index (χ0) is 27.5. The number of hydrogen-bond acceptors (Lipinski definition) is 5. The van der Waals surface area contributed by atoms with Gasteiger partial charge in [0.25, 0.3) is 15.9 Å². The smallest absolute Gasteiger partial charge is 0.338 e. The maximum absolute atomic E-state index is 13.7. The Morgan fingerprint density at radius 2 is 1.18 bits per heavy atom. The maximum Gasteiger partial charge on any atom is 0.338 e. The Bertz CT molecular complexity index is 1540. The molecule has 0 heterocycles. The molecule has 194 valence electrons. The topological polar surface area (TPSA) is 80.8 Å². The Balaban J connectivity index is 1.68. The summed E-state index contributed by atoms with van der Waals surface area (Å²) in [5.74, 6) is -1.14. The Kier molecular flexibility index (Phi) is 7.51. The van der Waals surface area contributed by atoms with Gasteiger partial charge in [0.2, 0.25) is 0 Å². The molecule has 38 heavy (non-hydrogen) atoms. The Morgan fingerprint density at radius 3 is 1.71 bits per heavy atom. The number of carbonyl (C=O) groups excluding carboxylic acids is 2. The first-order chi connectivity index (χ1) is 18.0. The number of rotatable bonds is 7. The molecule has 0 radical (unpaired) electrons. The molecule has 0 N–H and O–H groups in total. The van der Waals surface area contributed by atoms with E-state index in [9.17, 15) is 18.0 Å². The first-order valence-corrected chi connectivity index (χ1v) is 13.5. The number of amides is 1. The zero-order valence-electron chi connectivity index (χ0n) is 21.7. The second-order valence-corrected chi connectivity index (χ2v) is 11.4. The molecule has 6 nitrogen and oxygen atoms in total. The number of sulfonamides is 1. The lowest BCUT2D eigenvalue weighted by atomic mass is 9.97. The monoisotopic (exact) mass is 527 g/mol. The highest BCUT2D eigenvalue weighted by Crippen LogP contribution is 2.31. The average molecular weight is 528 g/mol. The number of ether oxygens (including phenoxy) is 1. The second kappa shape index (κ2) is 10.6. The number of aryl methyl sites for hydroxylation is 2. The summed E-state index contributed by atoms with van der Waals surface area (Å²) in [6.45, 7) is 7.33. The number of esters is 1. The molecule has 0 fully saturated rings. The van der Waals surface area contributed by atoms with Gasteiger partial charge in [-0.05, 0) is 81.8 Å². The number of benzene rings is 4. The van der Waals surface area contributed by atoms with Crippen LogP contribution in [0.2, 0.25) is 0 Å². The highest BCUT2D eigenvalue weighted by molar-refractivity contribution is 7.93. The van der Waals surface area contributed by atoms with Crippen molar-refractivity contribution in [3.05, 3.63) is 131 Å². The summed E-state index contributed by atoms with van der Waals surface area (Å²) in [5.41, 5.74) is 2.46. The highest BCUT2D eigenvalue weighted by atomic mass is 32.2. The summed E-state index contributed by atoms with van der Waals surface area (Å²) in [5, 5.41) is 0. The average Bonchev–Trinajstić information content (AvgIpc) is 2.90. The molecule has 1 amide bonds. The van der Waals surface area contributed by atoms with E-state index in [0.29, 0.717) is 11.1 Å². The molecule has 0 aromatic heterocycles. The summed E-state index contributed by atoms with van der Waals surface area (Å²) in [4.78, 5) is 26.3. The van der Waals surface area contributed by atoms with E-state index in [-0.39, 0.29) is 16.1 Å². The van der Waals surface area contributed by atoms with Gasteiger partial charge < -0.3 is 4.74 Å². The van der Waals surface area contributed by atoms with Crippen LogP contribution in [0, 0.1) is 13.8 Å². The molecule has 0 saturated carbocycles. The lowest BCUT2D eigenvalue weighted by molar-refractivity contribution is -0.00312. The van der Waals surface area contributed by atoms with Crippen LogP contribution in [0.25, 0.3) is 0 Å². The highest BCUT2D eigenvalue weighted by Gasteiger charge is 2.33. The zero-order valence-corrected chi connectivity index (χ0v) is 22.5. The number of anilines is 1. The predicted molar refractivity (Wildman–Crippen MR) is 148 cm³/mol. The van der Waals surface area contributed by atoms with E-state index in [1.165, 1.54) is 12.1 Å². The van der Waals surface area contributed by atoms with Crippen LogP contribution in [0.1, 0.15) is 51.3 Å². The lowest BCUT2D eigenvalue weighted by Crippen LogP contribution is -2.37. The van der Waals surface area contributed by atoms with E-state index in [2.05, 4.69) is 0 Å². The van der Waals surface area contributed by atoms with Crippen molar-refractivity contribution in [2.24, 2.45) is 0 Å². The van der Waals surface area contributed by atoms with Crippen LogP contribution in [0.5, 0.6) is 0 Å². The van der Waals surface area contributed by atoms with Gasteiger partial charge in [-0.3, -0.25) is 4.79 Å². The van der Waals surface area contributed by atoms with Crippen molar-refractivity contribution in [3.63, 3.8) is 0 Å². The minimum Gasteiger partial charge on any atom is -0.451 e. The molecule has 0 atom stereocenters. The van der Waals surface area contributed by atoms with Gasteiger partial charge in [0.15, 0.2) is 0 Å². The Labute approximate surface area is 223 Å². The van der Waals surface area contributed by atoms with Crippen LogP contribution in [0.15, 0.2) is 108 Å². The quantitative estimate of drug-likeness (QED) is 0.259. The molecule has 4 aromatic rings. The van der Waals surface area contributed by atoms with Gasteiger partial charge in [-0.2, -0.15) is 4.31 Å². The van der Waals surface area contributed by atoms with Crippen LogP contribution in [0.4, 0.5) is 5.69 Å². The van der Waals surface area contributed by atoms with Crippen LogP contribution >= 0.6 is 0 Å². The third kappa shape index (κ3) is 5.68. The standard InChI is InChI=1S/C31H29NO5S/c1-22-10-14-24(15-11-22)29(33)32(38(35,36)28-8-6-5-7-9-28)27-20-18-26(19-21-27)31(3,4)37-30(34)25-16-12-23(2)13-17-25/h5-21H,1-4H3. The third-order valence-electron chi connectivity index (χ3n) is 6.20. The SMILES string of the molecule is Cc1ccc(C(=O)OC(C)(C)c2ccc(N(C(=O)c3ccc(C)cc3)S(=O)(=O)c3ccccc3)cc2)cc1. The second-order valence-electron chi connectivity index (χ2n) is 9.57. The molecule has 4 rings (SSSR count). The molecule has 0 aliphatic carbocycles. The predicted octanol–water partition coefficient (Wildman–Crippen LogP) is 6.43. The van der Waals surface area contributed by atoms with Gasteiger partial charge in [0.05, 0.1) is 16.1 Å². The summed E-state index contributed by atoms with van der Waals surface area (Å²) in [7, 11) is -4.22. The molecule has 0 saturated heterocycles. The van der Waals surface area contributed by atoms with Crippen molar-refractivity contribution >= 4 is 27.6 Å². The molecule has 0 aliphatic heterocycles. The largest absolute Gasteiger partial charge is 0.451 e. The number of nitrogens with zero attached hydrogens (tertiary/aromatic N) is 1. The van der Waals surface area contributed by atoms with E-state index in [1.807, 2.05) is 26.0 Å². The first-order valence-electron chi connectivity index (χ1n) is 12.1. The lowest BCUT2D eigenvalue weighted by Gasteiger charge is -2.27. The van der Waals surface area contributed by atoms with E-state index in [0.717, 1.165) is 15.4 Å². The molecule has 0 unspecified atom stereocenters. The molecule has 7 heteroatoms. The summed E-state index contributed by atoms with van der Waals surface area (Å²) < 4.78 is 33.9. The van der Waals surface area contributed by atoms with Crippen molar-refractivity contribution in [3.8, 4) is 0 Å². The molecular formula is C31H29NO5S. The molecular weight excluding hydrogens is 498 g/mol. The number of carbonyl (C=O) groups is 2. The first kappa shape index (κ1) is 26.8. The van der Waals surface area contributed by atoms with Crippen LogP contribution in [-0.2, 0) is 20.4 Å². The fourth-order valence-electron chi connectivity index (χ4n) is 3.91. The fourth-order valence-corrected chi connectivity index (χ4v) is 5.35. The van der Waals surface area contributed by atoms with Crippen molar-refractivity contribution < 1.29 is 22.7 Å². The normalized spacial score (nSPS) is 11.6. The minimum atomic E-state index is -4.22. The third-order valence-corrected chi connectivity index (χ3v) is 7.92. The molecule has 4 aromatic carbocycles. The van der Waals surface area contributed by atoms with Crippen LogP contribution < -0.4 is 4.31 Å². The van der Waals surface area contributed by atoms with Gasteiger partial charge in [-0.15, -0.1) is 0 Å². The van der Waals surface area contributed by atoms with Gasteiger partial charge >= 0.3 is 5.97 Å². The molecule has 0 aliphatic rings. The summed E-state index contributed by atoms with van der Waals surface area (Å²) >= 11 is 0. The maximum atomic E-state index is 13.7. The van der Waals surface area contributed by atoms with E-state index in [1.54, 1.807) is 92.7 Å².